The van der Waals surface area contributed by atoms with Crippen molar-refractivity contribution in [3.8, 4) is 0 Å². The van der Waals surface area contributed by atoms with Crippen LogP contribution in [0.15, 0.2) is 12.1 Å². The Hall–Kier alpha value is -2.31. The fraction of sp³-hybridized carbons (Fsp3) is 0.545. The monoisotopic (exact) mass is 405 g/mol. The molecule has 1 fully saturated rings. The minimum Gasteiger partial charge on any atom is -0.335 e. The predicted octanol–water partition coefficient (Wildman–Crippen LogP) is 4.84. The molecule has 4 nitrogen and oxygen atoms in total. The van der Waals surface area contributed by atoms with Gasteiger partial charge in [-0.25, -0.2) is 13.5 Å². The molecule has 1 aromatic carbocycles. The van der Waals surface area contributed by atoms with E-state index in [9.17, 15) is 18.0 Å². The van der Waals surface area contributed by atoms with Gasteiger partial charge in [0.15, 0.2) is 0 Å². The Bertz CT molecular complexity index is 949. The fourth-order valence-corrected chi connectivity index (χ4v) is 4.65. The molecule has 7 heteroatoms. The summed E-state index contributed by atoms with van der Waals surface area (Å²) in [4.78, 5) is 14.8. The Balaban J connectivity index is 1.67. The molecule has 0 spiro atoms. The van der Waals surface area contributed by atoms with Crippen LogP contribution in [0.1, 0.15) is 76.3 Å². The van der Waals surface area contributed by atoms with Gasteiger partial charge in [0.2, 0.25) is 5.95 Å². The summed E-state index contributed by atoms with van der Waals surface area (Å²) < 4.78 is 42.0. The molecule has 1 saturated carbocycles. The third kappa shape index (κ3) is 3.67. The molecule has 156 valence electrons. The van der Waals surface area contributed by atoms with Crippen LogP contribution >= 0.6 is 0 Å². The number of halogens is 3. The summed E-state index contributed by atoms with van der Waals surface area (Å²) in [6.07, 6.45) is 1.63. The third-order valence-corrected chi connectivity index (χ3v) is 6.16. The summed E-state index contributed by atoms with van der Waals surface area (Å²) in [5.74, 6) is -1.52. The number of fused-ring (bicyclic) bond motifs is 1. The molecular formula is C22H26F3N3O. The average molecular weight is 405 g/mol. The Labute approximate surface area is 168 Å². The Morgan fingerprint density at radius 2 is 2.00 bits per heavy atom. The number of aromatic nitrogens is 2. The molecule has 1 unspecified atom stereocenters. The van der Waals surface area contributed by atoms with Gasteiger partial charge < -0.3 is 4.90 Å². The molecule has 4 rings (SSSR count). The summed E-state index contributed by atoms with van der Waals surface area (Å²) in [6, 6.07) is 4.34. The normalized spacial score (nSPS) is 18.8. The van der Waals surface area contributed by atoms with Gasteiger partial charge in [-0.05, 0) is 62.6 Å². The Kier molecular flexibility index (Phi) is 5.17. The maximum Gasteiger partial charge on any atom is 0.283 e. The highest BCUT2D eigenvalue weighted by molar-refractivity contribution is 5.96. The number of hydrogen-bond acceptors (Lipinski definition) is 2. The van der Waals surface area contributed by atoms with Gasteiger partial charge in [0.05, 0.1) is 0 Å². The van der Waals surface area contributed by atoms with Crippen LogP contribution in [-0.4, -0.2) is 33.2 Å². The second-order valence-corrected chi connectivity index (χ2v) is 8.40. The zero-order chi connectivity index (χ0) is 20.9. The molecule has 2 aliphatic carbocycles. The molecule has 0 aliphatic heterocycles. The maximum atomic E-state index is 14.5. The summed E-state index contributed by atoms with van der Waals surface area (Å²) in [5, 5.41) is 3.54. The van der Waals surface area contributed by atoms with Crippen LogP contribution in [0.2, 0.25) is 0 Å². The minimum absolute atomic E-state index is 0.0103. The number of alkyl halides is 2. The van der Waals surface area contributed by atoms with Gasteiger partial charge in [-0.15, -0.1) is 0 Å². The van der Waals surface area contributed by atoms with Gasteiger partial charge >= 0.3 is 0 Å². The van der Waals surface area contributed by atoms with E-state index in [1.165, 1.54) is 29.3 Å². The van der Waals surface area contributed by atoms with Gasteiger partial charge in [-0.1, -0.05) is 17.7 Å². The van der Waals surface area contributed by atoms with Crippen molar-refractivity contribution >= 4 is 5.91 Å². The lowest BCUT2D eigenvalue weighted by Gasteiger charge is -2.32. The second kappa shape index (κ2) is 7.50. The van der Waals surface area contributed by atoms with Crippen molar-refractivity contribution in [1.82, 2.24) is 14.7 Å². The highest BCUT2D eigenvalue weighted by Gasteiger charge is 2.39. The first kappa shape index (κ1) is 20.0. The second-order valence-electron chi connectivity index (χ2n) is 8.40. The number of carbonyl (C=O) groups is 1. The van der Waals surface area contributed by atoms with Gasteiger partial charge in [0.1, 0.15) is 11.3 Å². The van der Waals surface area contributed by atoms with E-state index in [1.807, 2.05) is 0 Å². The van der Waals surface area contributed by atoms with Crippen LogP contribution < -0.4 is 0 Å². The highest BCUT2D eigenvalue weighted by Crippen LogP contribution is 2.38. The molecule has 0 saturated heterocycles. The van der Waals surface area contributed by atoms with E-state index < -0.39 is 29.5 Å². The van der Waals surface area contributed by atoms with Gasteiger partial charge in [0, 0.05) is 25.6 Å². The topological polar surface area (TPSA) is 38.1 Å². The zero-order valence-corrected chi connectivity index (χ0v) is 17.0. The lowest BCUT2D eigenvalue weighted by atomic mass is 9.79. The molecule has 1 amide bonds. The van der Waals surface area contributed by atoms with Crippen molar-refractivity contribution < 1.29 is 18.0 Å². The van der Waals surface area contributed by atoms with E-state index in [-0.39, 0.29) is 12.0 Å². The van der Waals surface area contributed by atoms with Crippen molar-refractivity contribution in [2.45, 2.75) is 64.3 Å². The lowest BCUT2D eigenvalue weighted by Crippen LogP contribution is -2.38. The predicted molar refractivity (Wildman–Crippen MR) is 104 cm³/mol. The number of aryl methyl sites for hydroxylation is 3. The smallest absolute Gasteiger partial charge is 0.283 e. The number of rotatable bonds is 5. The summed E-state index contributed by atoms with van der Waals surface area (Å²) in [6.45, 7) is 4.59. The van der Waals surface area contributed by atoms with Crippen molar-refractivity contribution in [3.63, 3.8) is 0 Å². The zero-order valence-electron chi connectivity index (χ0n) is 17.0. The van der Waals surface area contributed by atoms with Crippen LogP contribution in [0.3, 0.4) is 0 Å². The van der Waals surface area contributed by atoms with Crippen molar-refractivity contribution in [3.05, 3.63) is 51.6 Å². The van der Waals surface area contributed by atoms with Crippen molar-refractivity contribution in [1.29, 1.82) is 0 Å². The van der Waals surface area contributed by atoms with Crippen LogP contribution in [0.5, 0.6) is 0 Å². The van der Waals surface area contributed by atoms with Crippen LogP contribution in [0.4, 0.5) is 13.2 Å². The molecule has 2 aliphatic rings. The Morgan fingerprint density at radius 1 is 1.28 bits per heavy atom. The van der Waals surface area contributed by atoms with Crippen LogP contribution in [0.25, 0.3) is 0 Å². The first-order valence-electron chi connectivity index (χ1n) is 10.2. The number of benzene rings is 1. The molecule has 0 bridgehead atoms. The van der Waals surface area contributed by atoms with E-state index in [0.29, 0.717) is 6.54 Å². The SMILES string of the molecule is Cc1cc(C)c2c(c1)C(CN(C(=O)c1c(C(F)F)nn(C)c1F)C1CC1)CCC2. The summed E-state index contributed by atoms with van der Waals surface area (Å²) in [5.41, 5.74) is 3.66. The average Bonchev–Trinajstić information content (AvgIpc) is 3.45. The summed E-state index contributed by atoms with van der Waals surface area (Å²) >= 11 is 0. The molecule has 1 aromatic heterocycles. The first-order valence-corrected chi connectivity index (χ1v) is 10.2. The molecule has 29 heavy (non-hydrogen) atoms. The quantitative estimate of drug-likeness (QED) is 0.714. The van der Waals surface area contributed by atoms with E-state index in [2.05, 4.69) is 31.1 Å². The van der Waals surface area contributed by atoms with E-state index in [0.717, 1.165) is 36.8 Å². The Morgan fingerprint density at radius 3 is 2.66 bits per heavy atom. The maximum absolute atomic E-state index is 14.5. The summed E-state index contributed by atoms with van der Waals surface area (Å²) in [7, 11) is 1.24. The molecule has 0 N–H and O–H groups in total. The van der Waals surface area contributed by atoms with Crippen molar-refractivity contribution in [2.24, 2.45) is 7.05 Å². The van der Waals surface area contributed by atoms with E-state index in [1.54, 1.807) is 4.90 Å². The van der Waals surface area contributed by atoms with Gasteiger partial charge in [-0.3, -0.25) is 4.79 Å². The standard InChI is InChI=1S/C22H26F3N3O/c1-12-9-13(2)16-6-4-5-14(17(16)10-12)11-28(15-7-8-15)22(29)18-19(20(23)24)26-27(3)21(18)25/h9-10,14-15,20H,4-8,11H2,1-3H3. The molecule has 2 aromatic rings. The molecule has 0 radical (unpaired) electrons. The lowest BCUT2D eigenvalue weighted by molar-refractivity contribution is 0.0710. The van der Waals surface area contributed by atoms with Crippen LogP contribution in [-0.2, 0) is 13.5 Å². The number of nitrogens with zero attached hydrogens (tertiary/aromatic N) is 3. The minimum atomic E-state index is -2.99. The number of hydrogen-bond donors (Lipinski definition) is 0. The third-order valence-electron chi connectivity index (χ3n) is 6.16. The highest BCUT2D eigenvalue weighted by atomic mass is 19.3. The largest absolute Gasteiger partial charge is 0.335 e. The van der Waals surface area contributed by atoms with E-state index >= 15 is 0 Å². The van der Waals surface area contributed by atoms with Gasteiger partial charge in [0.25, 0.3) is 12.3 Å². The molecule has 1 atom stereocenters. The van der Waals surface area contributed by atoms with Crippen LogP contribution in [0, 0.1) is 19.8 Å². The number of amides is 1. The number of carbonyl (C=O) groups excluding carboxylic acids is 1. The molecular weight excluding hydrogens is 379 g/mol. The van der Waals surface area contributed by atoms with Gasteiger partial charge in [-0.2, -0.15) is 9.49 Å². The molecule has 1 heterocycles. The van der Waals surface area contributed by atoms with E-state index in [4.69, 9.17) is 0 Å². The van der Waals surface area contributed by atoms with Crippen molar-refractivity contribution in [2.75, 3.05) is 6.54 Å². The first-order chi connectivity index (χ1) is 13.8. The fourth-order valence-electron chi connectivity index (χ4n) is 4.65.